The van der Waals surface area contributed by atoms with E-state index in [-0.39, 0.29) is 11.8 Å². The van der Waals surface area contributed by atoms with Gasteiger partial charge < -0.3 is 9.80 Å². The number of nitrogens with zero attached hydrogens (tertiary/aromatic N) is 4. The number of carbonyl (C=O) groups excluding carboxylic acids is 2. The van der Waals surface area contributed by atoms with Crippen LogP contribution in [0.15, 0.2) is 42.6 Å². The molecule has 2 heterocycles. The minimum atomic E-state index is -0.0750. The van der Waals surface area contributed by atoms with Crippen molar-refractivity contribution in [2.45, 2.75) is 26.7 Å². The highest BCUT2D eigenvalue weighted by atomic mass is 16.2. The Morgan fingerprint density at radius 2 is 1.65 bits per heavy atom. The van der Waals surface area contributed by atoms with Gasteiger partial charge in [-0.25, -0.2) is 4.68 Å². The highest BCUT2D eigenvalue weighted by molar-refractivity contribution is 5.92. The van der Waals surface area contributed by atoms with Crippen LogP contribution in [0.1, 0.15) is 37.2 Å². The van der Waals surface area contributed by atoms with Crippen molar-refractivity contribution in [2.75, 3.05) is 26.2 Å². The number of para-hydroxylation sites is 1. The van der Waals surface area contributed by atoms with Gasteiger partial charge in [-0.2, -0.15) is 5.10 Å². The number of hydrogen-bond acceptors (Lipinski definition) is 3. The van der Waals surface area contributed by atoms with E-state index in [0.717, 1.165) is 12.1 Å². The third-order valence-electron chi connectivity index (χ3n) is 4.68. The molecule has 1 saturated heterocycles. The fourth-order valence-corrected chi connectivity index (χ4v) is 3.05. The first kappa shape index (κ1) is 18.2. The van der Waals surface area contributed by atoms with Crippen LogP contribution in [0.3, 0.4) is 0 Å². The molecular weight excluding hydrogens is 328 g/mol. The van der Waals surface area contributed by atoms with Crippen LogP contribution in [0.4, 0.5) is 0 Å². The average molecular weight is 354 g/mol. The van der Waals surface area contributed by atoms with Gasteiger partial charge in [-0.15, -0.1) is 0 Å². The third kappa shape index (κ3) is 4.31. The summed E-state index contributed by atoms with van der Waals surface area (Å²) in [7, 11) is 0. The molecule has 0 aliphatic carbocycles. The zero-order chi connectivity index (χ0) is 18.5. The Bertz CT molecular complexity index is 746. The molecule has 138 valence electrons. The van der Waals surface area contributed by atoms with E-state index in [1.165, 1.54) is 0 Å². The first-order valence-corrected chi connectivity index (χ1v) is 9.22. The number of amides is 2. The van der Waals surface area contributed by atoms with Crippen molar-refractivity contribution < 1.29 is 9.59 Å². The van der Waals surface area contributed by atoms with E-state index in [9.17, 15) is 9.59 Å². The van der Waals surface area contributed by atoms with Crippen LogP contribution in [-0.2, 0) is 4.79 Å². The van der Waals surface area contributed by atoms with Crippen molar-refractivity contribution in [3.63, 3.8) is 0 Å². The molecule has 6 nitrogen and oxygen atoms in total. The fraction of sp³-hybridized carbons (Fsp3) is 0.450. The molecule has 0 unspecified atom stereocenters. The molecule has 0 bridgehead atoms. The molecule has 0 N–H and O–H groups in total. The van der Waals surface area contributed by atoms with E-state index in [0.29, 0.717) is 44.2 Å². The van der Waals surface area contributed by atoms with Crippen LogP contribution < -0.4 is 0 Å². The van der Waals surface area contributed by atoms with E-state index in [1.807, 2.05) is 35.2 Å². The van der Waals surface area contributed by atoms with Gasteiger partial charge in [0.25, 0.3) is 5.91 Å². The highest BCUT2D eigenvalue weighted by Gasteiger charge is 2.25. The molecule has 2 amide bonds. The van der Waals surface area contributed by atoms with E-state index in [2.05, 4.69) is 18.9 Å². The molecule has 1 aliphatic rings. The van der Waals surface area contributed by atoms with Gasteiger partial charge in [-0.1, -0.05) is 32.0 Å². The second-order valence-corrected chi connectivity index (χ2v) is 7.09. The maximum absolute atomic E-state index is 12.7. The zero-order valence-corrected chi connectivity index (χ0v) is 15.5. The number of aromatic nitrogens is 2. The summed E-state index contributed by atoms with van der Waals surface area (Å²) < 4.78 is 1.71. The summed E-state index contributed by atoms with van der Waals surface area (Å²) in [6.07, 6.45) is 3.30. The lowest BCUT2D eigenvalue weighted by Gasteiger charge is -2.34. The van der Waals surface area contributed by atoms with E-state index in [1.54, 1.807) is 21.8 Å². The summed E-state index contributed by atoms with van der Waals surface area (Å²) in [6, 6.07) is 11.5. The van der Waals surface area contributed by atoms with Crippen molar-refractivity contribution in [1.82, 2.24) is 19.6 Å². The van der Waals surface area contributed by atoms with Crippen LogP contribution >= 0.6 is 0 Å². The minimum absolute atomic E-state index is 0.0750. The van der Waals surface area contributed by atoms with Crippen molar-refractivity contribution in [2.24, 2.45) is 5.92 Å². The number of hydrogen-bond donors (Lipinski definition) is 0. The Morgan fingerprint density at radius 1 is 1.00 bits per heavy atom. The number of piperazine rings is 1. The number of carbonyl (C=O) groups is 2. The zero-order valence-electron chi connectivity index (χ0n) is 15.5. The van der Waals surface area contributed by atoms with Gasteiger partial charge in [-0.05, 0) is 30.5 Å². The Morgan fingerprint density at radius 3 is 2.31 bits per heavy atom. The van der Waals surface area contributed by atoms with Gasteiger partial charge in [0.05, 0.1) is 5.69 Å². The van der Waals surface area contributed by atoms with Crippen LogP contribution in [0, 0.1) is 5.92 Å². The van der Waals surface area contributed by atoms with Gasteiger partial charge in [-0.3, -0.25) is 9.59 Å². The Kier molecular flexibility index (Phi) is 5.71. The first-order chi connectivity index (χ1) is 12.5. The second kappa shape index (κ2) is 8.17. The van der Waals surface area contributed by atoms with Crippen LogP contribution in [0.5, 0.6) is 0 Å². The monoisotopic (exact) mass is 354 g/mol. The average Bonchev–Trinajstić information content (AvgIpc) is 3.16. The van der Waals surface area contributed by atoms with Gasteiger partial charge in [0.2, 0.25) is 5.91 Å². The summed E-state index contributed by atoms with van der Waals surface area (Å²) in [4.78, 5) is 28.6. The summed E-state index contributed by atoms with van der Waals surface area (Å²) in [6.45, 7) is 6.57. The van der Waals surface area contributed by atoms with Crippen molar-refractivity contribution in [1.29, 1.82) is 0 Å². The van der Waals surface area contributed by atoms with Crippen LogP contribution in [-0.4, -0.2) is 57.6 Å². The quantitative estimate of drug-likeness (QED) is 0.829. The summed E-state index contributed by atoms with van der Waals surface area (Å²) in [5.41, 5.74) is 1.36. The molecule has 1 aromatic carbocycles. The minimum Gasteiger partial charge on any atom is -0.339 e. The topological polar surface area (TPSA) is 58.4 Å². The largest absolute Gasteiger partial charge is 0.339 e. The lowest BCUT2D eigenvalue weighted by molar-refractivity contribution is -0.132. The Hall–Kier alpha value is -2.63. The SMILES string of the molecule is CC(C)CCC(=O)N1CCN(C(=O)c2ccn(-c3ccccc3)n2)CC1. The maximum atomic E-state index is 12.7. The van der Waals surface area contributed by atoms with Crippen molar-refractivity contribution in [3.8, 4) is 5.69 Å². The predicted molar refractivity (Wildman–Crippen MR) is 100 cm³/mol. The molecule has 3 rings (SSSR count). The molecule has 1 aromatic heterocycles. The number of benzene rings is 1. The molecule has 6 heteroatoms. The van der Waals surface area contributed by atoms with E-state index in [4.69, 9.17) is 0 Å². The summed E-state index contributed by atoms with van der Waals surface area (Å²) >= 11 is 0. The summed E-state index contributed by atoms with van der Waals surface area (Å²) in [5.74, 6) is 0.648. The van der Waals surface area contributed by atoms with Gasteiger partial charge in [0.15, 0.2) is 5.69 Å². The first-order valence-electron chi connectivity index (χ1n) is 9.22. The smallest absolute Gasteiger partial charge is 0.274 e. The lowest BCUT2D eigenvalue weighted by Crippen LogP contribution is -2.50. The van der Waals surface area contributed by atoms with Gasteiger partial charge in [0, 0.05) is 38.8 Å². The highest BCUT2D eigenvalue weighted by Crippen LogP contribution is 2.12. The number of rotatable bonds is 5. The van der Waals surface area contributed by atoms with Gasteiger partial charge >= 0.3 is 0 Å². The predicted octanol–water partition coefficient (Wildman–Crippen LogP) is 2.59. The standard InChI is InChI=1S/C20H26N4O2/c1-16(2)8-9-19(25)22-12-14-23(15-13-22)20(26)18-10-11-24(21-18)17-6-4-3-5-7-17/h3-7,10-11,16H,8-9,12-15H2,1-2H3. The molecule has 26 heavy (non-hydrogen) atoms. The normalized spacial score (nSPS) is 14.7. The van der Waals surface area contributed by atoms with Crippen LogP contribution in [0.25, 0.3) is 5.69 Å². The van der Waals surface area contributed by atoms with E-state index < -0.39 is 0 Å². The van der Waals surface area contributed by atoms with Crippen LogP contribution in [0.2, 0.25) is 0 Å². The Balaban J connectivity index is 1.56. The van der Waals surface area contributed by atoms with E-state index >= 15 is 0 Å². The second-order valence-electron chi connectivity index (χ2n) is 7.09. The molecule has 0 saturated carbocycles. The molecule has 1 fully saturated rings. The molecule has 0 radical (unpaired) electrons. The Labute approximate surface area is 154 Å². The van der Waals surface area contributed by atoms with Gasteiger partial charge in [0.1, 0.15) is 0 Å². The van der Waals surface area contributed by atoms with Crippen molar-refractivity contribution >= 4 is 11.8 Å². The molecule has 0 spiro atoms. The fourth-order valence-electron chi connectivity index (χ4n) is 3.05. The third-order valence-corrected chi connectivity index (χ3v) is 4.68. The maximum Gasteiger partial charge on any atom is 0.274 e. The molecular formula is C20H26N4O2. The molecule has 0 atom stereocenters. The summed E-state index contributed by atoms with van der Waals surface area (Å²) in [5, 5.41) is 4.40. The molecule has 2 aromatic rings. The lowest BCUT2D eigenvalue weighted by atomic mass is 10.1. The van der Waals surface area contributed by atoms with Crippen molar-refractivity contribution in [3.05, 3.63) is 48.3 Å². The molecule has 1 aliphatic heterocycles.